The Morgan fingerprint density at radius 1 is 1.14 bits per heavy atom. The Bertz CT molecular complexity index is 406. The van der Waals surface area contributed by atoms with Gasteiger partial charge in [-0.05, 0) is 38.6 Å². The maximum Gasteiger partial charge on any atom is 0.230 e. The first-order chi connectivity index (χ1) is 10.2. The molecule has 0 radical (unpaired) electrons. The standard InChI is InChI=1S/C16H27N3O2/c1-2-16(6-3-7-17-12-16)15(21)19-10-8-18(9-11-19)14(20)13-4-5-13/h13,17H,2-12H2,1H3. The van der Waals surface area contributed by atoms with Gasteiger partial charge in [0, 0.05) is 38.6 Å². The third-order valence-electron chi connectivity index (χ3n) is 5.41. The molecule has 0 bridgehead atoms. The summed E-state index contributed by atoms with van der Waals surface area (Å²) in [6.45, 7) is 6.81. The van der Waals surface area contributed by atoms with E-state index in [0.717, 1.165) is 45.2 Å². The van der Waals surface area contributed by atoms with Crippen molar-refractivity contribution in [3.05, 3.63) is 0 Å². The van der Waals surface area contributed by atoms with E-state index in [1.807, 2.05) is 9.80 Å². The highest BCUT2D eigenvalue weighted by Gasteiger charge is 2.42. The molecule has 1 saturated carbocycles. The Morgan fingerprint density at radius 2 is 1.81 bits per heavy atom. The third kappa shape index (κ3) is 2.93. The van der Waals surface area contributed by atoms with Crippen LogP contribution in [0.15, 0.2) is 0 Å². The van der Waals surface area contributed by atoms with Crippen LogP contribution in [0.25, 0.3) is 0 Å². The van der Waals surface area contributed by atoms with Crippen molar-refractivity contribution in [2.45, 2.75) is 39.0 Å². The van der Waals surface area contributed by atoms with E-state index in [2.05, 4.69) is 12.2 Å². The molecule has 2 saturated heterocycles. The molecule has 0 aromatic carbocycles. The Labute approximate surface area is 127 Å². The van der Waals surface area contributed by atoms with Crippen LogP contribution >= 0.6 is 0 Å². The predicted octanol–water partition coefficient (Wildman–Crippen LogP) is 0.847. The largest absolute Gasteiger partial charge is 0.339 e. The summed E-state index contributed by atoms with van der Waals surface area (Å²) in [6.07, 6.45) is 5.10. The first-order valence-corrected chi connectivity index (χ1v) is 8.45. The number of nitrogens with zero attached hydrogens (tertiary/aromatic N) is 2. The zero-order valence-electron chi connectivity index (χ0n) is 13.1. The number of piperidine rings is 1. The van der Waals surface area contributed by atoms with Gasteiger partial charge in [0.15, 0.2) is 0 Å². The fraction of sp³-hybridized carbons (Fsp3) is 0.875. The molecule has 2 amide bonds. The second-order valence-corrected chi connectivity index (χ2v) is 6.81. The fourth-order valence-electron chi connectivity index (χ4n) is 3.66. The first-order valence-electron chi connectivity index (χ1n) is 8.45. The van der Waals surface area contributed by atoms with Gasteiger partial charge in [-0.1, -0.05) is 6.92 Å². The van der Waals surface area contributed by atoms with E-state index in [1.165, 1.54) is 0 Å². The van der Waals surface area contributed by atoms with Crippen LogP contribution in [0.2, 0.25) is 0 Å². The van der Waals surface area contributed by atoms with Gasteiger partial charge in [0.05, 0.1) is 5.41 Å². The number of rotatable bonds is 3. The molecule has 21 heavy (non-hydrogen) atoms. The van der Waals surface area contributed by atoms with E-state index < -0.39 is 0 Å². The summed E-state index contributed by atoms with van der Waals surface area (Å²) in [7, 11) is 0. The highest BCUT2D eigenvalue weighted by atomic mass is 16.2. The summed E-state index contributed by atoms with van der Waals surface area (Å²) < 4.78 is 0. The maximum atomic E-state index is 12.9. The molecule has 2 heterocycles. The number of carbonyl (C=O) groups excluding carboxylic acids is 2. The zero-order chi connectivity index (χ0) is 14.9. The van der Waals surface area contributed by atoms with E-state index >= 15 is 0 Å². The summed E-state index contributed by atoms with van der Waals surface area (Å²) in [5.74, 6) is 0.902. The highest BCUT2D eigenvalue weighted by Crippen LogP contribution is 2.34. The van der Waals surface area contributed by atoms with Gasteiger partial charge in [-0.2, -0.15) is 0 Å². The van der Waals surface area contributed by atoms with Gasteiger partial charge in [0.1, 0.15) is 0 Å². The molecule has 1 unspecified atom stereocenters. The second-order valence-electron chi connectivity index (χ2n) is 6.81. The van der Waals surface area contributed by atoms with Gasteiger partial charge in [0.2, 0.25) is 11.8 Å². The predicted molar refractivity (Wildman–Crippen MR) is 80.7 cm³/mol. The van der Waals surface area contributed by atoms with Gasteiger partial charge in [-0.3, -0.25) is 9.59 Å². The van der Waals surface area contributed by atoms with Crippen molar-refractivity contribution >= 4 is 11.8 Å². The van der Waals surface area contributed by atoms with E-state index in [1.54, 1.807) is 0 Å². The van der Waals surface area contributed by atoms with Crippen LogP contribution in [-0.4, -0.2) is 60.9 Å². The van der Waals surface area contributed by atoms with Gasteiger partial charge in [0.25, 0.3) is 0 Å². The molecule has 0 spiro atoms. The Hall–Kier alpha value is -1.10. The Kier molecular flexibility index (Phi) is 4.20. The number of hydrogen-bond donors (Lipinski definition) is 1. The lowest BCUT2D eigenvalue weighted by molar-refractivity contribution is -0.148. The van der Waals surface area contributed by atoms with Crippen molar-refractivity contribution in [3.8, 4) is 0 Å². The summed E-state index contributed by atoms with van der Waals surface area (Å²) >= 11 is 0. The van der Waals surface area contributed by atoms with Crippen molar-refractivity contribution in [2.75, 3.05) is 39.3 Å². The van der Waals surface area contributed by atoms with Crippen LogP contribution in [0, 0.1) is 11.3 Å². The molecule has 5 heteroatoms. The lowest BCUT2D eigenvalue weighted by Crippen LogP contribution is -2.57. The van der Waals surface area contributed by atoms with Crippen molar-refractivity contribution in [3.63, 3.8) is 0 Å². The molecular formula is C16H27N3O2. The molecule has 1 aliphatic carbocycles. The zero-order valence-corrected chi connectivity index (χ0v) is 13.1. The van der Waals surface area contributed by atoms with Gasteiger partial charge in [-0.15, -0.1) is 0 Å². The quantitative estimate of drug-likeness (QED) is 0.839. The normalized spacial score (nSPS) is 30.3. The van der Waals surface area contributed by atoms with Crippen LogP contribution in [0.4, 0.5) is 0 Å². The number of nitrogens with one attached hydrogen (secondary N) is 1. The molecule has 0 aromatic heterocycles. The molecule has 3 rings (SSSR count). The Morgan fingerprint density at radius 3 is 2.33 bits per heavy atom. The lowest BCUT2D eigenvalue weighted by Gasteiger charge is -2.42. The lowest BCUT2D eigenvalue weighted by atomic mass is 9.77. The number of hydrogen-bond acceptors (Lipinski definition) is 3. The molecule has 0 aromatic rings. The van der Waals surface area contributed by atoms with Crippen molar-refractivity contribution in [2.24, 2.45) is 11.3 Å². The number of amides is 2. The molecule has 118 valence electrons. The smallest absolute Gasteiger partial charge is 0.230 e. The summed E-state index contributed by atoms with van der Waals surface area (Å²) in [6, 6.07) is 0. The van der Waals surface area contributed by atoms with Crippen molar-refractivity contribution in [1.82, 2.24) is 15.1 Å². The number of carbonyl (C=O) groups is 2. The first kappa shape index (κ1) is 14.8. The minimum absolute atomic E-state index is 0.207. The SMILES string of the molecule is CCC1(C(=O)N2CCN(C(=O)C3CC3)CC2)CCCNC1. The van der Waals surface area contributed by atoms with Crippen LogP contribution in [0.3, 0.4) is 0 Å². The molecule has 1 N–H and O–H groups in total. The van der Waals surface area contributed by atoms with Crippen molar-refractivity contribution < 1.29 is 9.59 Å². The minimum Gasteiger partial charge on any atom is -0.339 e. The third-order valence-corrected chi connectivity index (χ3v) is 5.41. The fourth-order valence-corrected chi connectivity index (χ4v) is 3.66. The average molecular weight is 293 g/mol. The maximum absolute atomic E-state index is 12.9. The van der Waals surface area contributed by atoms with Gasteiger partial charge < -0.3 is 15.1 Å². The molecule has 3 fully saturated rings. The van der Waals surface area contributed by atoms with Crippen LogP contribution in [0.5, 0.6) is 0 Å². The molecule has 1 atom stereocenters. The Balaban J connectivity index is 1.57. The van der Waals surface area contributed by atoms with Crippen LogP contribution in [-0.2, 0) is 9.59 Å². The van der Waals surface area contributed by atoms with E-state index in [0.29, 0.717) is 38.0 Å². The molecule has 5 nitrogen and oxygen atoms in total. The van der Waals surface area contributed by atoms with Gasteiger partial charge >= 0.3 is 0 Å². The van der Waals surface area contributed by atoms with Gasteiger partial charge in [-0.25, -0.2) is 0 Å². The van der Waals surface area contributed by atoms with E-state index in [9.17, 15) is 9.59 Å². The monoisotopic (exact) mass is 293 g/mol. The summed E-state index contributed by atoms with van der Waals surface area (Å²) in [5.41, 5.74) is -0.207. The topological polar surface area (TPSA) is 52.7 Å². The minimum atomic E-state index is -0.207. The molecule has 3 aliphatic rings. The molecule has 2 aliphatic heterocycles. The van der Waals surface area contributed by atoms with Crippen molar-refractivity contribution in [1.29, 1.82) is 0 Å². The highest BCUT2D eigenvalue weighted by molar-refractivity contribution is 5.84. The number of piperazine rings is 1. The van der Waals surface area contributed by atoms with E-state index in [4.69, 9.17) is 0 Å². The molecular weight excluding hydrogens is 266 g/mol. The summed E-state index contributed by atoms with van der Waals surface area (Å²) in [4.78, 5) is 28.9. The second kappa shape index (κ2) is 5.95. The average Bonchev–Trinajstić information content (AvgIpc) is 3.39. The summed E-state index contributed by atoms with van der Waals surface area (Å²) in [5, 5.41) is 3.38. The van der Waals surface area contributed by atoms with Crippen LogP contribution in [0.1, 0.15) is 39.0 Å². The van der Waals surface area contributed by atoms with Crippen LogP contribution < -0.4 is 5.32 Å². The van der Waals surface area contributed by atoms with E-state index in [-0.39, 0.29) is 11.3 Å².